The van der Waals surface area contributed by atoms with Gasteiger partial charge in [0.05, 0.1) is 13.2 Å². The molecule has 0 radical (unpaired) electrons. The van der Waals surface area contributed by atoms with Crippen molar-refractivity contribution in [2.24, 2.45) is 10.9 Å². The first kappa shape index (κ1) is 20.3. The molecule has 0 aliphatic heterocycles. The Balaban J connectivity index is 0. The van der Waals surface area contributed by atoms with E-state index in [2.05, 4.69) is 36.4 Å². The summed E-state index contributed by atoms with van der Waals surface area (Å²) in [6.07, 6.45) is 3.67. The summed E-state index contributed by atoms with van der Waals surface area (Å²) in [4.78, 5) is 4.26. The third-order valence-corrected chi connectivity index (χ3v) is 2.52. The number of hydrogen-bond donors (Lipinski definition) is 3. The van der Waals surface area contributed by atoms with Crippen LogP contribution in [0.1, 0.15) is 47.0 Å². The highest BCUT2D eigenvalue weighted by Gasteiger charge is 2.05. The maximum absolute atomic E-state index is 8.76. The second-order valence-corrected chi connectivity index (χ2v) is 4.85. The van der Waals surface area contributed by atoms with E-state index < -0.39 is 0 Å². The van der Waals surface area contributed by atoms with Gasteiger partial charge in [0.15, 0.2) is 5.96 Å². The Kier molecular flexibility index (Phi) is 15.1. The molecular formula is C13H30IN3O. The first-order valence-corrected chi connectivity index (χ1v) is 6.75. The zero-order valence-electron chi connectivity index (χ0n) is 12.2. The molecule has 0 aliphatic carbocycles. The lowest BCUT2D eigenvalue weighted by Crippen LogP contribution is -2.42. The van der Waals surface area contributed by atoms with Crippen molar-refractivity contribution in [3.05, 3.63) is 0 Å². The monoisotopic (exact) mass is 371 g/mol. The van der Waals surface area contributed by atoms with Gasteiger partial charge in [0.2, 0.25) is 0 Å². The molecule has 110 valence electrons. The van der Waals surface area contributed by atoms with Gasteiger partial charge in [-0.25, -0.2) is 0 Å². The minimum atomic E-state index is 0. The summed E-state index contributed by atoms with van der Waals surface area (Å²) < 4.78 is 0. The topological polar surface area (TPSA) is 56.7 Å². The smallest absolute Gasteiger partial charge is 0.191 e. The molecule has 0 saturated heterocycles. The molecular weight excluding hydrogens is 341 g/mol. The Morgan fingerprint density at radius 3 is 2.39 bits per heavy atom. The predicted octanol–water partition coefficient (Wildman–Crippen LogP) is 2.37. The van der Waals surface area contributed by atoms with Gasteiger partial charge >= 0.3 is 0 Å². The largest absolute Gasteiger partial charge is 0.394 e. The molecule has 3 N–H and O–H groups in total. The van der Waals surface area contributed by atoms with Crippen molar-refractivity contribution in [3.8, 4) is 0 Å². The highest BCUT2D eigenvalue weighted by atomic mass is 127. The van der Waals surface area contributed by atoms with Crippen molar-refractivity contribution in [2.75, 3.05) is 19.7 Å². The van der Waals surface area contributed by atoms with Crippen LogP contribution in [0.3, 0.4) is 0 Å². The van der Waals surface area contributed by atoms with Crippen molar-refractivity contribution in [1.29, 1.82) is 0 Å². The second kappa shape index (κ2) is 13.4. The van der Waals surface area contributed by atoms with Crippen LogP contribution in [0, 0.1) is 5.92 Å². The Morgan fingerprint density at radius 1 is 1.22 bits per heavy atom. The van der Waals surface area contributed by atoms with Gasteiger partial charge in [-0.1, -0.05) is 26.7 Å². The van der Waals surface area contributed by atoms with E-state index in [1.165, 1.54) is 12.8 Å². The summed E-state index contributed by atoms with van der Waals surface area (Å²) in [6, 6.07) is 0.422. The summed E-state index contributed by atoms with van der Waals surface area (Å²) in [5, 5.41) is 15.3. The highest BCUT2D eigenvalue weighted by Crippen LogP contribution is 2.07. The standard InChI is InChI=1S/C13H29N3O.HI/c1-5-14-13(15-9-10-17)16-12(4)8-6-7-11(2)3;/h11-12,17H,5-10H2,1-4H3,(H2,14,15,16);1H. The SMILES string of the molecule is CCNC(=NCCO)NC(C)CCCC(C)C.I. The Labute approximate surface area is 129 Å². The third-order valence-electron chi connectivity index (χ3n) is 2.52. The zero-order valence-corrected chi connectivity index (χ0v) is 14.5. The fourth-order valence-electron chi connectivity index (χ4n) is 1.62. The lowest BCUT2D eigenvalue weighted by molar-refractivity contribution is 0.306. The lowest BCUT2D eigenvalue weighted by atomic mass is 10.0. The number of guanidine groups is 1. The van der Waals surface area contributed by atoms with Gasteiger partial charge in [0.25, 0.3) is 0 Å². The van der Waals surface area contributed by atoms with Crippen LogP contribution in [0.15, 0.2) is 4.99 Å². The van der Waals surface area contributed by atoms with E-state index in [9.17, 15) is 0 Å². The normalized spacial score (nSPS) is 13.1. The van der Waals surface area contributed by atoms with E-state index in [1.54, 1.807) is 0 Å². The van der Waals surface area contributed by atoms with Crippen LogP contribution in [-0.2, 0) is 0 Å². The molecule has 1 atom stereocenters. The van der Waals surface area contributed by atoms with E-state index in [-0.39, 0.29) is 30.6 Å². The number of nitrogens with one attached hydrogen (secondary N) is 2. The fraction of sp³-hybridized carbons (Fsp3) is 0.923. The Hall–Kier alpha value is -0.0400. The second-order valence-electron chi connectivity index (χ2n) is 4.85. The Bertz CT molecular complexity index is 210. The molecule has 0 aliphatic rings. The molecule has 1 unspecified atom stereocenters. The van der Waals surface area contributed by atoms with Crippen LogP contribution in [0.5, 0.6) is 0 Å². The summed E-state index contributed by atoms with van der Waals surface area (Å²) in [7, 11) is 0. The summed E-state index contributed by atoms with van der Waals surface area (Å²) >= 11 is 0. The highest BCUT2D eigenvalue weighted by molar-refractivity contribution is 14.0. The van der Waals surface area contributed by atoms with Crippen molar-refractivity contribution >= 4 is 29.9 Å². The van der Waals surface area contributed by atoms with Gasteiger partial charge in [0, 0.05) is 12.6 Å². The summed E-state index contributed by atoms with van der Waals surface area (Å²) in [5.41, 5.74) is 0. The Morgan fingerprint density at radius 2 is 1.89 bits per heavy atom. The molecule has 0 bridgehead atoms. The van der Waals surface area contributed by atoms with Crippen LogP contribution in [0.25, 0.3) is 0 Å². The molecule has 0 amide bonds. The number of halogens is 1. The molecule has 0 aromatic carbocycles. The number of aliphatic hydroxyl groups excluding tert-OH is 1. The molecule has 0 aromatic rings. The lowest BCUT2D eigenvalue weighted by Gasteiger charge is -2.18. The van der Waals surface area contributed by atoms with Gasteiger partial charge in [-0.2, -0.15) is 0 Å². The van der Waals surface area contributed by atoms with Gasteiger partial charge in [-0.05, 0) is 26.2 Å². The predicted molar refractivity (Wildman–Crippen MR) is 89.8 cm³/mol. The molecule has 0 fully saturated rings. The number of rotatable bonds is 8. The molecule has 0 spiro atoms. The molecule has 0 heterocycles. The van der Waals surface area contributed by atoms with Gasteiger partial charge in [-0.3, -0.25) is 4.99 Å². The van der Waals surface area contributed by atoms with E-state index >= 15 is 0 Å². The van der Waals surface area contributed by atoms with Gasteiger partial charge in [0.1, 0.15) is 0 Å². The van der Waals surface area contributed by atoms with Crippen LogP contribution in [0.4, 0.5) is 0 Å². The molecule has 0 rings (SSSR count). The van der Waals surface area contributed by atoms with Gasteiger partial charge < -0.3 is 15.7 Å². The first-order valence-electron chi connectivity index (χ1n) is 6.75. The first-order chi connectivity index (χ1) is 8.10. The maximum Gasteiger partial charge on any atom is 0.191 e. The van der Waals surface area contributed by atoms with Crippen molar-refractivity contribution < 1.29 is 5.11 Å². The van der Waals surface area contributed by atoms with E-state index in [0.717, 1.165) is 24.8 Å². The minimum absolute atomic E-state index is 0. The van der Waals surface area contributed by atoms with Crippen LogP contribution >= 0.6 is 24.0 Å². The number of aliphatic hydroxyl groups is 1. The van der Waals surface area contributed by atoms with E-state index in [1.807, 2.05) is 6.92 Å². The molecule has 4 nitrogen and oxygen atoms in total. The van der Waals surface area contributed by atoms with Crippen molar-refractivity contribution in [1.82, 2.24) is 10.6 Å². The molecule has 0 saturated carbocycles. The quantitative estimate of drug-likeness (QED) is 0.349. The van der Waals surface area contributed by atoms with Crippen LogP contribution in [-0.4, -0.2) is 36.8 Å². The van der Waals surface area contributed by atoms with E-state index in [4.69, 9.17) is 5.11 Å². The number of aliphatic imine (C=N–C) groups is 1. The average molecular weight is 371 g/mol. The summed E-state index contributed by atoms with van der Waals surface area (Å²) in [5.74, 6) is 1.58. The van der Waals surface area contributed by atoms with Crippen LogP contribution < -0.4 is 10.6 Å². The molecule has 0 aromatic heterocycles. The third kappa shape index (κ3) is 12.4. The minimum Gasteiger partial charge on any atom is -0.394 e. The summed E-state index contributed by atoms with van der Waals surface area (Å²) in [6.45, 7) is 10.1. The van der Waals surface area contributed by atoms with Crippen molar-refractivity contribution in [2.45, 2.75) is 53.0 Å². The fourth-order valence-corrected chi connectivity index (χ4v) is 1.62. The van der Waals surface area contributed by atoms with E-state index in [0.29, 0.717) is 12.6 Å². The zero-order chi connectivity index (χ0) is 13.1. The maximum atomic E-state index is 8.76. The van der Waals surface area contributed by atoms with Gasteiger partial charge in [-0.15, -0.1) is 24.0 Å². The molecule has 18 heavy (non-hydrogen) atoms. The number of nitrogens with zero attached hydrogens (tertiary/aromatic N) is 1. The average Bonchev–Trinajstić information content (AvgIpc) is 2.25. The van der Waals surface area contributed by atoms with Crippen molar-refractivity contribution in [3.63, 3.8) is 0 Å². The number of hydrogen-bond acceptors (Lipinski definition) is 2. The molecule has 5 heteroatoms. The van der Waals surface area contributed by atoms with Crippen LogP contribution in [0.2, 0.25) is 0 Å².